The third kappa shape index (κ3) is 0.863. The second-order valence-corrected chi connectivity index (χ2v) is 7.33. The van der Waals surface area contributed by atoms with Crippen molar-refractivity contribution in [2.24, 2.45) is 0 Å². The van der Waals surface area contributed by atoms with Crippen LogP contribution in [-0.4, -0.2) is 4.98 Å². The highest BCUT2D eigenvalue weighted by Gasteiger charge is 2.56. The van der Waals surface area contributed by atoms with Crippen molar-refractivity contribution in [2.45, 2.75) is 0 Å². The van der Waals surface area contributed by atoms with Crippen molar-refractivity contribution in [1.82, 2.24) is 4.98 Å². The van der Waals surface area contributed by atoms with E-state index in [0.29, 0.717) is 10.9 Å². The Labute approximate surface area is 109 Å². The van der Waals surface area contributed by atoms with E-state index < -0.39 is 15.6 Å². The van der Waals surface area contributed by atoms with Gasteiger partial charge in [0.2, 0.25) is 11.5 Å². The number of hydrogen-bond donors (Lipinski definition) is 0. The molecular formula is C9HNO8P2. The molecule has 4 bridgehead atoms. The number of phosphoric ester groups is 2. The Balaban J connectivity index is 1.83. The molecule has 0 radical (unpaired) electrons. The van der Waals surface area contributed by atoms with E-state index in [9.17, 15) is 9.13 Å². The Kier molecular flexibility index (Phi) is 1.18. The molecule has 100 valence electrons. The molecule has 11 heteroatoms. The van der Waals surface area contributed by atoms with Crippen LogP contribution in [0.4, 0.5) is 0 Å². The number of aromatic nitrogens is 1. The minimum Gasteiger partial charge on any atom is -0.382 e. The summed E-state index contributed by atoms with van der Waals surface area (Å²) in [6.07, 6.45) is 0. The topological polar surface area (TPSA) is 102 Å². The predicted octanol–water partition coefficient (Wildman–Crippen LogP) is 2.78. The minimum atomic E-state index is -3.65. The number of fused-ring (bicyclic) bond motifs is 5. The van der Waals surface area contributed by atoms with Crippen LogP contribution in [0, 0.1) is 0 Å². The molecule has 1 aromatic heterocycles. The number of nitrogens with zero attached hydrogens (tertiary/aromatic N) is 1. The van der Waals surface area contributed by atoms with Crippen LogP contribution in [0.1, 0.15) is 0 Å². The van der Waals surface area contributed by atoms with Crippen molar-refractivity contribution in [1.29, 1.82) is 0 Å². The molecule has 2 atom stereocenters. The summed E-state index contributed by atoms with van der Waals surface area (Å²) >= 11 is 0. The second-order valence-electron chi connectivity index (χ2n) is 4.44. The van der Waals surface area contributed by atoms with Crippen LogP contribution in [0.3, 0.4) is 0 Å². The van der Waals surface area contributed by atoms with Crippen LogP contribution in [-0.2, 0) is 9.13 Å². The highest BCUT2D eigenvalue weighted by atomic mass is 31.2. The molecule has 5 heterocycles. The highest BCUT2D eigenvalue weighted by molar-refractivity contribution is 7.51. The van der Waals surface area contributed by atoms with Gasteiger partial charge in [0.05, 0.1) is 10.9 Å². The Hall–Kier alpha value is -2.11. The Bertz CT molecular complexity index is 909. The van der Waals surface area contributed by atoms with Gasteiger partial charge in [-0.15, -0.1) is 0 Å². The van der Waals surface area contributed by atoms with E-state index in [1.165, 1.54) is 6.07 Å². The summed E-state index contributed by atoms with van der Waals surface area (Å²) in [5.74, 6) is 1.15. The first-order chi connectivity index (χ1) is 9.54. The van der Waals surface area contributed by atoms with Gasteiger partial charge in [0.1, 0.15) is 0 Å². The smallest absolute Gasteiger partial charge is 0.382 e. The molecule has 0 N–H and O–H groups in total. The largest absolute Gasteiger partial charge is 0.648 e. The van der Waals surface area contributed by atoms with Crippen LogP contribution in [0.15, 0.2) is 6.07 Å². The van der Waals surface area contributed by atoms with E-state index in [4.69, 9.17) is 27.1 Å². The van der Waals surface area contributed by atoms with Crippen molar-refractivity contribution >= 4 is 26.5 Å². The lowest BCUT2D eigenvalue weighted by Crippen LogP contribution is -2.02. The monoisotopic (exact) mass is 313 g/mol. The van der Waals surface area contributed by atoms with Crippen molar-refractivity contribution in [3.05, 3.63) is 6.07 Å². The molecule has 4 aliphatic heterocycles. The molecule has 0 saturated carbocycles. The maximum Gasteiger partial charge on any atom is 0.648 e. The average Bonchev–Trinajstić information content (AvgIpc) is 3.01. The van der Waals surface area contributed by atoms with E-state index in [1.807, 2.05) is 0 Å². The van der Waals surface area contributed by atoms with Gasteiger partial charge in [0.25, 0.3) is 5.88 Å². The standard InChI is InChI=1S/C9HNO8P2/c11-19-13-3-1-2-4(6(15-19)5(3)14-19)7-8-9(10-2)18-20(12,16-7)17-8/h1H. The van der Waals surface area contributed by atoms with Crippen LogP contribution in [0.25, 0.3) is 10.9 Å². The predicted molar refractivity (Wildman–Crippen MR) is 60.7 cm³/mol. The van der Waals surface area contributed by atoms with Crippen molar-refractivity contribution < 1.29 is 36.3 Å². The summed E-state index contributed by atoms with van der Waals surface area (Å²) in [6.45, 7) is 0. The first-order valence-corrected chi connectivity index (χ1v) is 8.38. The summed E-state index contributed by atoms with van der Waals surface area (Å²) in [6, 6.07) is 1.53. The molecule has 20 heavy (non-hydrogen) atoms. The fourth-order valence-corrected chi connectivity index (χ4v) is 5.05. The van der Waals surface area contributed by atoms with E-state index in [0.717, 1.165) is 0 Å². The van der Waals surface area contributed by atoms with Gasteiger partial charge in [-0.1, -0.05) is 0 Å². The van der Waals surface area contributed by atoms with Gasteiger partial charge in [-0.2, -0.15) is 9.13 Å². The average molecular weight is 313 g/mol. The summed E-state index contributed by atoms with van der Waals surface area (Å²) < 4.78 is 54.6. The number of benzene rings is 1. The van der Waals surface area contributed by atoms with Crippen molar-refractivity contribution in [3.8, 4) is 34.6 Å². The molecule has 0 saturated heterocycles. The van der Waals surface area contributed by atoms with Crippen LogP contribution < -0.4 is 27.1 Å². The van der Waals surface area contributed by atoms with Crippen LogP contribution in [0.5, 0.6) is 34.6 Å². The normalized spacial score (nSPS) is 32.2. The quantitative estimate of drug-likeness (QED) is 0.679. The number of pyridine rings is 1. The molecule has 6 rings (SSSR count). The highest BCUT2D eigenvalue weighted by Crippen LogP contribution is 2.75. The van der Waals surface area contributed by atoms with Gasteiger partial charge in [-0.3, -0.25) is 0 Å². The first kappa shape index (κ1) is 9.74. The fourth-order valence-electron chi connectivity index (χ4n) is 2.54. The molecule has 1 aromatic carbocycles. The van der Waals surface area contributed by atoms with Gasteiger partial charge < -0.3 is 27.1 Å². The summed E-state index contributed by atoms with van der Waals surface area (Å²) in [4.78, 5) is 4.17. The van der Waals surface area contributed by atoms with Gasteiger partial charge in [-0.25, -0.2) is 4.98 Å². The number of hydrogen-bond acceptors (Lipinski definition) is 9. The molecule has 0 fully saturated rings. The Morgan fingerprint density at radius 3 is 2.20 bits per heavy atom. The molecule has 0 amide bonds. The Morgan fingerprint density at radius 1 is 0.800 bits per heavy atom. The first-order valence-electron chi connectivity index (χ1n) is 5.46. The van der Waals surface area contributed by atoms with Gasteiger partial charge in [0, 0.05) is 6.07 Å². The minimum absolute atomic E-state index is 0.0932. The molecule has 2 unspecified atom stereocenters. The molecule has 4 aliphatic rings. The van der Waals surface area contributed by atoms with Crippen molar-refractivity contribution in [2.75, 3.05) is 0 Å². The lowest BCUT2D eigenvalue weighted by Gasteiger charge is -2.15. The maximum atomic E-state index is 12.0. The molecule has 0 aliphatic carbocycles. The second kappa shape index (κ2) is 2.43. The zero-order valence-corrected chi connectivity index (χ0v) is 11.0. The summed E-state index contributed by atoms with van der Waals surface area (Å²) in [5.41, 5.74) is 0.418. The third-order valence-corrected chi connectivity index (χ3v) is 5.69. The van der Waals surface area contributed by atoms with E-state index >= 15 is 0 Å². The molecular weight excluding hydrogens is 312 g/mol. The Morgan fingerprint density at radius 2 is 1.45 bits per heavy atom. The molecule has 9 nitrogen and oxygen atoms in total. The van der Waals surface area contributed by atoms with Gasteiger partial charge in [-0.05, 0) is 0 Å². The lowest BCUT2D eigenvalue weighted by atomic mass is 10.1. The zero-order valence-electron chi connectivity index (χ0n) is 9.18. The maximum absolute atomic E-state index is 12.0. The van der Waals surface area contributed by atoms with Crippen molar-refractivity contribution in [3.63, 3.8) is 0 Å². The SMILES string of the molecule is O=P12Oc3cc4nc5c6c(c4c(c3O1)O2)OP(=O)(O5)O6. The number of phosphoric acid groups is 2. The van der Waals surface area contributed by atoms with E-state index in [-0.39, 0.29) is 34.6 Å². The fraction of sp³-hybridized carbons (Fsp3) is 0. The van der Waals surface area contributed by atoms with E-state index in [1.54, 1.807) is 0 Å². The molecule has 2 aromatic rings. The number of rotatable bonds is 0. The molecule has 0 spiro atoms. The van der Waals surface area contributed by atoms with E-state index in [2.05, 4.69) is 4.98 Å². The van der Waals surface area contributed by atoms with Gasteiger partial charge in [0.15, 0.2) is 17.2 Å². The zero-order chi connectivity index (χ0) is 13.3. The summed E-state index contributed by atoms with van der Waals surface area (Å²) in [7, 11) is -7.27. The van der Waals surface area contributed by atoms with Crippen LogP contribution in [0.2, 0.25) is 0 Å². The lowest BCUT2D eigenvalue weighted by molar-refractivity contribution is 0.350. The van der Waals surface area contributed by atoms with Crippen LogP contribution >= 0.6 is 15.6 Å². The third-order valence-electron chi connectivity index (χ3n) is 3.25. The van der Waals surface area contributed by atoms with Gasteiger partial charge >= 0.3 is 15.6 Å². The summed E-state index contributed by atoms with van der Waals surface area (Å²) in [5, 5.41) is 0.379.